The van der Waals surface area contributed by atoms with E-state index in [4.69, 9.17) is 28.4 Å². The molecule has 0 radical (unpaired) electrons. The molecule has 8 aliphatic rings. The standard InChI is InChI=1S/C47H76O18/c1-21-29(50)31(52)34(55)39(61-21)64-37-24(19-48)62-38(36(57)33(37)54)60-20-25-30(51)32(53)35(56)40(63-25)65-41(58)47-16-14-43(4,59)18-23(47)22-8-9-27-44(5)12-11-28(49)42(2,3)26(44)10-13-46(27,7)45(22,6)15-17-47/h8,21,23-40,48-57,59H,9-20H2,1-7H3/t21-,23-,24+,25+,26-,27+,28+,29-,30+,31+,32-,33+,34+,35+,36+,37+,38+,39-,40-,43+,44-,45+,46+,47-/m0/s1. The Balaban J connectivity index is 0.973. The molecule has 0 aromatic rings. The molecular weight excluding hydrogens is 852 g/mol. The van der Waals surface area contributed by atoms with Crippen molar-refractivity contribution in [2.75, 3.05) is 13.2 Å². The Kier molecular flexibility index (Phi) is 13.4. The molecule has 0 unspecified atom stereocenters. The van der Waals surface area contributed by atoms with Crippen LogP contribution in [0.25, 0.3) is 0 Å². The van der Waals surface area contributed by atoms with Gasteiger partial charge in [-0.05, 0) is 117 Å². The number of allylic oxidation sites excluding steroid dienone is 2. The third-order valence-corrected chi connectivity index (χ3v) is 19.0. The number of hydrogen-bond acceptors (Lipinski definition) is 18. The van der Waals surface area contributed by atoms with Gasteiger partial charge in [-0.15, -0.1) is 0 Å². The van der Waals surface area contributed by atoms with Crippen LogP contribution in [0.2, 0.25) is 0 Å². The number of hydrogen-bond donors (Lipinski definition) is 11. The highest BCUT2D eigenvalue weighted by molar-refractivity contribution is 5.79. The second kappa shape index (κ2) is 17.5. The Bertz CT molecular complexity index is 1780. The van der Waals surface area contributed by atoms with Gasteiger partial charge < -0.3 is 84.6 Å². The molecule has 3 saturated heterocycles. The summed E-state index contributed by atoms with van der Waals surface area (Å²) in [5.41, 5.74) is -1.62. The van der Waals surface area contributed by atoms with Crippen LogP contribution in [0.15, 0.2) is 11.6 Å². The van der Waals surface area contributed by atoms with E-state index in [0.29, 0.717) is 43.9 Å². The third-order valence-electron chi connectivity index (χ3n) is 19.0. The largest absolute Gasteiger partial charge is 0.432 e. The van der Waals surface area contributed by atoms with Gasteiger partial charge >= 0.3 is 5.97 Å². The molecule has 0 aromatic carbocycles. The van der Waals surface area contributed by atoms with Crippen LogP contribution in [0.1, 0.15) is 113 Å². The zero-order chi connectivity index (χ0) is 47.6. The second-order valence-corrected chi connectivity index (χ2v) is 22.8. The highest BCUT2D eigenvalue weighted by atomic mass is 16.8. The maximum absolute atomic E-state index is 14.9. The number of fused-ring (bicyclic) bond motifs is 7. The van der Waals surface area contributed by atoms with Gasteiger partial charge in [0.25, 0.3) is 0 Å². The van der Waals surface area contributed by atoms with E-state index in [0.717, 1.165) is 37.7 Å². The Labute approximate surface area is 380 Å². The maximum atomic E-state index is 14.9. The lowest BCUT2D eigenvalue weighted by Gasteiger charge is -2.71. The first kappa shape index (κ1) is 50.0. The number of aliphatic hydroxyl groups is 11. The fourth-order valence-corrected chi connectivity index (χ4v) is 14.6. The van der Waals surface area contributed by atoms with Crippen molar-refractivity contribution in [1.29, 1.82) is 0 Å². The van der Waals surface area contributed by atoms with E-state index in [9.17, 15) is 61.0 Å². The van der Waals surface area contributed by atoms with E-state index in [1.807, 2.05) is 0 Å². The first-order valence-corrected chi connectivity index (χ1v) is 23.9. The van der Waals surface area contributed by atoms with Crippen LogP contribution in [0.3, 0.4) is 0 Å². The van der Waals surface area contributed by atoms with Crippen molar-refractivity contribution in [1.82, 2.24) is 0 Å². The summed E-state index contributed by atoms with van der Waals surface area (Å²) in [4.78, 5) is 14.9. The summed E-state index contributed by atoms with van der Waals surface area (Å²) in [5, 5.41) is 119. The number of rotatable bonds is 8. The van der Waals surface area contributed by atoms with Crippen LogP contribution in [0.4, 0.5) is 0 Å². The summed E-state index contributed by atoms with van der Waals surface area (Å²) in [6.45, 7) is 13.4. The van der Waals surface area contributed by atoms with Gasteiger partial charge in [0, 0.05) is 0 Å². The van der Waals surface area contributed by atoms with Crippen molar-refractivity contribution >= 4 is 5.97 Å². The Morgan fingerprint density at radius 1 is 0.692 bits per heavy atom. The number of ether oxygens (including phenoxy) is 6. The molecule has 5 aliphatic carbocycles. The zero-order valence-corrected chi connectivity index (χ0v) is 38.8. The average molecular weight is 929 g/mol. The monoisotopic (exact) mass is 929 g/mol. The van der Waals surface area contributed by atoms with Crippen molar-refractivity contribution in [3.63, 3.8) is 0 Å². The molecule has 65 heavy (non-hydrogen) atoms. The molecule has 0 amide bonds. The fraction of sp³-hybridized carbons (Fsp3) is 0.936. The molecule has 8 rings (SSSR count). The van der Waals surface area contributed by atoms with E-state index in [2.05, 4.69) is 40.7 Å². The number of esters is 1. The lowest BCUT2D eigenvalue weighted by atomic mass is 9.33. The van der Waals surface area contributed by atoms with Crippen molar-refractivity contribution in [2.45, 2.75) is 216 Å². The second-order valence-electron chi connectivity index (χ2n) is 22.8. The molecule has 3 aliphatic heterocycles. The van der Waals surface area contributed by atoms with Crippen LogP contribution >= 0.6 is 0 Å². The van der Waals surface area contributed by atoms with Gasteiger partial charge in [-0.3, -0.25) is 4.79 Å². The average Bonchev–Trinajstić information content (AvgIpc) is 3.25. The Morgan fingerprint density at radius 2 is 1.32 bits per heavy atom. The fourth-order valence-electron chi connectivity index (χ4n) is 14.6. The van der Waals surface area contributed by atoms with E-state index < -0.39 is 128 Å². The minimum absolute atomic E-state index is 0.00938. The molecule has 18 nitrogen and oxygen atoms in total. The Hall–Kier alpha value is -1.43. The van der Waals surface area contributed by atoms with E-state index in [-0.39, 0.29) is 27.8 Å². The maximum Gasteiger partial charge on any atom is 0.315 e. The summed E-state index contributed by atoms with van der Waals surface area (Å²) >= 11 is 0. The SMILES string of the molecule is C[C@@H]1O[C@@H](O[C@H]2[C@H](O)[C@@H](O)[C@H](OC[C@H]3O[C@@H](OC(=O)[C@]45CC[C@@](C)(O)C[C@H]4C4=CC[C@@H]6[C@@]7(C)CC[C@@H](O)C(C)(C)[C@@H]7CC[C@@]6(C)[C@]4(C)CC5)[C@H](O)[C@@H](O)[C@@H]3O)O[C@@H]2CO)[C@H](O)[C@H](O)[C@H]1O. The number of aliphatic hydroxyl groups excluding tert-OH is 10. The van der Waals surface area contributed by atoms with E-state index in [1.54, 1.807) is 6.92 Å². The molecule has 7 fully saturated rings. The quantitative estimate of drug-likeness (QED) is 0.112. The van der Waals surface area contributed by atoms with E-state index in [1.165, 1.54) is 6.92 Å². The number of carbonyl (C=O) groups is 1. The minimum Gasteiger partial charge on any atom is -0.432 e. The van der Waals surface area contributed by atoms with E-state index >= 15 is 0 Å². The summed E-state index contributed by atoms with van der Waals surface area (Å²) in [6, 6.07) is 0. The first-order valence-electron chi connectivity index (χ1n) is 23.9. The van der Waals surface area contributed by atoms with Gasteiger partial charge in [-0.2, -0.15) is 0 Å². The van der Waals surface area contributed by atoms with Crippen molar-refractivity contribution in [3.8, 4) is 0 Å². The van der Waals surface area contributed by atoms with Crippen LogP contribution in [0, 0.1) is 44.8 Å². The molecule has 11 N–H and O–H groups in total. The smallest absolute Gasteiger partial charge is 0.315 e. The topological polar surface area (TPSA) is 295 Å². The highest BCUT2D eigenvalue weighted by Crippen LogP contribution is 2.75. The van der Waals surface area contributed by atoms with Gasteiger partial charge in [0.2, 0.25) is 6.29 Å². The predicted octanol–water partition coefficient (Wildman–Crippen LogP) is -0.107. The molecule has 3 heterocycles. The lowest BCUT2D eigenvalue weighted by Crippen LogP contribution is -2.66. The molecule has 24 atom stereocenters. The Morgan fingerprint density at radius 3 is 2.02 bits per heavy atom. The van der Waals surface area contributed by atoms with Gasteiger partial charge in [0.05, 0.1) is 36.4 Å². The van der Waals surface area contributed by atoms with Crippen LogP contribution in [0.5, 0.6) is 0 Å². The predicted molar refractivity (Wildman–Crippen MR) is 226 cm³/mol. The van der Waals surface area contributed by atoms with Crippen molar-refractivity contribution < 1.29 is 89.4 Å². The van der Waals surface area contributed by atoms with Crippen LogP contribution in [-0.2, 0) is 33.2 Å². The molecule has 0 bridgehead atoms. The molecule has 18 heteroatoms. The first-order chi connectivity index (χ1) is 30.3. The summed E-state index contributed by atoms with van der Waals surface area (Å²) < 4.78 is 34.6. The lowest BCUT2D eigenvalue weighted by molar-refractivity contribution is -0.361. The van der Waals surface area contributed by atoms with Crippen molar-refractivity contribution in [3.05, 3.63) is 11.6 Å². The van der Waals surface area contributed by atoms with Crippen LogP contribution in [-0.4, -0.2) is 179 Å². The van der Waals surface area contributed by atoms with Gasteiger partial charge in [-0.25, -0.2) is 0 Å². The van der Waals surface area contributed by atoms with Crippen LogP contribution < -0.4 is 0 Å². The van der Waals surface area contributed by atoms with Gasteiger partial charge in [0.15, 0.2) is 12.6 Å². The molecular formula is C47H76O18. The summed E-state index contributed by atoms with van der Waals surface area (Å²) in [7, 11) is 0. The molecule has 0 aromatic heterocycles. The molecule has 0 spiro atoms. The molecule has 4 saturated carbocycles. The summed E-state index contributed by atoms with van der Waals surface area (Å²) in [6.07, 6.45) is -15.8. The third kappa shape index (κ3) is 7.89. The minimum atomic E-state index is -1.87. The van der Waals surface area contributed by atoms with Gasteiger partial charge in [-0.1, -0.05) is 46.3 Å². The highest BCUT2D eigenvalue weighted by Gasteiger charge is 2.70. The zero-order valence-electron chi connectivity index (χ0n) is 38.8. The number of carbonyl (C=O) groups excluding carboxylic acids is 1. The van der Waals surface area contributed by atoms with Crippen molar-refractivity contribution in [2.24, 2.45) is 44.8 Å². The molecule has 372 valence electrons. The summed E-state index contributed by atoms with van der Waals surface area (Å²) in [5.74, 6) is -0.325. The van der Waals surface area contributed by atoms with Gasteiger partial charge in [0.1, 0.15) is 67.1 Å². The normalized spacial score (nSPS) is 55.4.